The van der Waals surface area contributed by atoms with Gasteiger partial charge in [-0.05, 0) is 42.5 Å². The topological polar surface area (TPSA) is 136 Å². The maximum Gasteiger partial charge on any atom is 0.270 e. The van der Waals surface area contributed by atoms with E-state index in [0.29, 0.717) is 11.5 Å². The van der Waals surface area contributed by atoms with Crippen molar-refractivity contribution in [2.24, 2.45) is 5.10 Å². The van der Waals surface area contributed by atoms with Gasteiger partial charge in [-0.1, -0.05) is 0 Å². The second-order valence-corrected chi connectivity index (χ2v) is 7.31. The Balaban J connectivity index is 1.92. The van der Waals surface area contributed by atoms with Crippen molar-refractivity contribution in [3.05, 3.63) is 76.7 Å². The zero-order chi connectivity index (χ0) is 20.9. The molecule has 0 saturated carbocycles. The van der Waals surface area contributed by atoms with Crippen molar-refractivity contribution in [1.29, 1.82) is 0 Å². The Bertz CT molecular complexity index is 1130. The van der Waals surface area contributed by atoms with Gasteiger partial charge in [0.1, 0.15) is 16.4 Å². The fraction of sp³-hybridized carbons (Fsp3) is 0.0556. The van der Waals surface area contributed by atoms with Crippen molar-refractivity contribution in [2.45, 2.75) is 4.90 Å². The number of benzene rings is 2. The van der Waals surface area contributed by atoms with Crippen molar-refractivity contribution >= 4 is 33.3 Å². The van der Waals surface area contributed by atoms with Gasteiger partial charge >= 0.3 is 0 Å². The molecule has 0 spiro atoms. The number of non-ortho nitro benzene ring substituents is 1. The minimum absolute atomic E-state index is 0.0550. The highest BCUT2D eigenvalue weighted by atomic mass is 32.2. The van der Waals surface area contributed by atoms with Gasteiger partial charge in [-0.2, -0.15) is 5.10 Å². The number of nitro benzene ring substituents is 1. The summed E-state index contributed by atoms with van der Waals surface area (Å²) in [5, 5.41) is 15.0. The molecule has 3 aromatic rings. The molecule has 0 aliphatic carbocycles. The fourth-order valence-corrected chi connectivity index (χ4v) is 3.57. The van der Waals surface area contributed by atoms with E-state index in [1.165, 1.54) is 43.9 Å². The van der Waals surface area contributed by atoms with E-state index < -0.39 is 14.9 Å². The molecule has 2 aromatic carbocycles. The van der Waals surface area contributed by atoms with Gasteiger partial charge in [-0.25, -0.2) is 8.42 Å². The molecule has 0 atom stereocenters. The molecule has 1 aromatic heterocycles. The van der Waals surface area contributed by atoms with Crippen molar-refractivity contribution in [3.63, 3.8) is 0 Å². The molecule has 0 saturated heterocycles. The standard InChI is InChI=1S/C18H16N4O6S/c1-27-15-7-4-13(5-8-15)21-29(25,26)18-11-14(22(23)24)6-9-17(18)20-19-12-16-3-2-10-28-16/h2-12,20-21H,1H3/b19-12+. The molecule has 11 heteroatoms. The van der Waals surface area contributed by atoms with Gasteiger partial charge in [-0.3, -0.25) is 20.3 Å². The summed E-state index contributed by atoms with van der Waals surface area (Å²) in [5.41, 5.74) is 2.52. The van der Waals surface area contributed by atoms with Crippen LogP contribution in [0.2, 0.25) is 0 Å². The number of sulfonamides is 1. The average Bonchev–Trinajstić information content (AvgIpc) is 3.22. The predicted molar refractivity (Wildman–Crippen MR) is 107 cm³/mol. The maximum atomic E-state index is 12.9. The quantitative estimate of drug-likeness (QED) is 0.326. The van der Waals surface area contributed by atoms with E-state index in [2.05, 4.69) is 15.2 Å². The van der Waals surface area contributed by atoms with Crippen LogP contribution in [-0.4, -0.2) is 26.7 Å². The predicted octanol–water partition coefficient (Wildman–Crippen LogP) is 3.44. The normalized spacial score (nSPS) is 11.3. The molecule has 10 nitrogen and oxygen atoms in total. The van der Waals surface area contributed by atoms with Gasteiger partial charge in [0.05, 0.1) is 30.2 Å². The molecule has 0 fully saturated rings. The molecule has 1 heterocycles. The summed E-state index contributed by atoms with van der Waals surface area (Å²) in [4.78, 5) is 10.1. The van der Waals surface area contributed by atoms with E-state index in [4.69, 9.17) is 9.15 Å². The highest BCUT2D eigenvalue weighted by Crippen LogP contribution is 2.28. The smallest absolute Gasteiger partial charge is 0.270 e. The number of anilines is 2. The largest absolute Gasteiger partial charge is 0.497 e. The zero-order valence-corrected chi connectivity index (χ0v) is 15.9. The minimum atomic E-state index is -4.16. The van der Waals surface area contributed by atoms with Crippen LogP contribution in [0.5, 0.6) is 5.75 Å². The first-order chi connectivity index (χ1) is 13.9. The molecule has 3 rings (SSSR count). The Morgan fingerprint density at radius 3 is 2.55 bits per heavy atom. The van der Waals surface area contributed by atoms with Gasteiger partial charge in [0.25, 0.3) is 15.7 Å². The maximum absolute atomic E-state index is 12.9. The summed E-state index contributed by atoms with van der Waals surface area (Å²) in [5.74, 6) is 0.998. The summed E-state index contributed by atoms with van der Waals surface area (Å²) >= 11 is 0. The SMILES string of the molecule is COc1ccc(NS(=O)(=O)c2cc([N+](=O)[O-])ccc2N/N=C/c2ccco2)cc1. The van der Waals surface area contributed by atoms with E-state index >= 15 is 0 Å². The Labute approximate surface area is 166 Å². The van der Waals surface area contributed by atoms with Crippen molar-refractivity contribution in [3.8, 4) is 5.75 Å². The third-order valence-electron chi connectivity index (χ3n) is 3.73. The Morgan fingerprint density at radius 1 is 1.17 bits per heavy atom. The third-order valence-corrected chi connectivity index (χ3v) is 5.15. The molecular weight excluding hydrogens is 400 g/mol. The molecule has 0 aliphatic heterocycles. The van der Waals surface area contributed by atoms with Crippen LogP contribution in [0.25, 0.3) is 0 Å². The number of ether oxygens (including phenoxy) is 1. The number of methoxy groups -OCH3 is 1. The summed E-state index contributed by atoms with van der Waals surface area (Å²) in [7, 11) is -2.67. The lowest BCUT2D eigenvalue weighted by molar-refractivity contribution is -0.385. The van der Waals surface area contributed by atoms with Crippen LogP contribution in [-0.2, 0) is 10.0 Å². The zero-order valence-electron chi connectivity index (χ0n) is 15.1. The number of rotatable bonds is 8. The highest BCUT2D eigenvalue weighted by molar-refractivity contribution is 7.92. The van der Waals surface area contributed by atoms with E-state index in [1.807, 2.05) is 0 Å². The molecule has 0 bridgehead atoms. The molecule has 29 heavy (non-hydrogen) atoms. The Kier molecular flexibility index (Phi) is 5.79. The minimum Gasteiger partial charge on any atom is -0.497 e. The molecule has 0 unspecified atom stereocenters. The first kappa shape index (κ1) is 19.9. The molecule has 2 N–H and O–H groups in total. The lowest BCUT2D eigenvalue weighted by Crippen LogP contribution is -2.15. The number of hydrogen-bond donors (Lipinski definition) is 2. The molecule has 150 valence electrons. The molecular formula is C18H16N4O6S. The van der Waals surface area contributed by atoms with E-state index in [-0.39, 0.29) is 22.0 Å². The van der Waals surface area contributed by atoms with E-state index in [0.717, 1.165) is 6.07 Å². The van der Waals surface area contributed by atoms with Crippen LogP contribution < -0.4 is 14.9 Å². The number of hydrogen-bond acceptors (Lipinski definition) is 8. The Morgan fingerprint density at radius 2 is 1.93 bits per heavy atom. The van der Waals surface area contributed by atoms with Crippen molar-refractivity contribution < 1.29 is 22.5 Å². The van der Waals surface area contributed by atoms with Crippen LogP contribution in [0.15, 0.2) is 75.3 Å². The van der Waals surface area contributed by atoms with Crippen LogP contribution in [0, 0.1) is 10.1 Å². The second kappa shape index (κ2) is 8.44. The third kappa shape index (κ3) is 4.90. The lowest BCUT2D eigenvalue weighted by Gasteiger charge is -2.12. The van der Waals surface area contributed by atoms with Gasteiger partial charge < -0.3 is 9.15 Å². The van der Waals surface area contributed by atoms with E-state index in [1.54, 1.807) is 24.3 Å². The number of hydrazone groups is 1. The molecule has 0 radical (unpaired) electrons. The first-order valence-electron chi connectivity index (χ1n) is 8.17. The number of nitrogens with zero attached hydrogens (tertiary/aromatic N) is 2. The van der Waals surface area contributed by atoms with Crippen molar-refractivity contribution in [2.75, 3.05) is 17.3 Å². The lowest BCUT2D eigenvalue weighted by atomic mass is 10.3. The summed E-state index contributed by atoms with van der Waals surface area (Å²) in [6.45, 7) is 0. The summed E-state index contributed by atoms with van der Waals surface area (Å²) in [6, 6.07) is 12.9. The molecule has 0 amide bonds. The monoisotopic (exact) mass is 416 g/mol. The molecule has 0 aliphatic rings. The van der Waals surface area contributed by atoms with Gasteiger partial charge in [0, 0.05) is 17.8 Å². The van der Waals surface area contributed by atoms with Gasteiger partial charge in [0.2, 0.25) is 0 Å². The van der Waals surface area contributed by atoms with Crippen LogP contribution in [0.3, 0.4) is 0 Å². The first-order valence-corrected chi connectivity index (χ1v) is 9.65. The summed E-state index contributed by atoms with van der Waals surface area (Å²) < 4.78 is 38.2. The van der Waals surface area contributed by atoms with E-state index in [9.17, 15) is 18.5 Å². The fourth-order valence-electron chi connectivity index (χ4n) is 2.34. The Hall–Kier alpha value is -3.86. The highest BCUT2D eigenvalue weighted by Gasteiger charge is 2.22. The average molecular weight is 416 g/mol. The van der Waals surface area contributed by atoms with Crippen molar-refractivity contribution in [1.82, 2.24) is 0 Å². The number of nitro groups is 1. The second-order valence-electron chi connectivity index (χ2n) is 5.66. The van der Waals surface area contributed by atoms with Crippen LogP contribution in [0.4, 0.5) is 17.1 Å². The number of furan rings is 1. The van der Waals surface area contributed by atoms with Crippen LogP contribution >= 0.6 is 0 Å². The summed E-state index contributed by atoms with van der Waals surface area (Å²) in [6.07, 6.45) is 2.80. The van der Waals surface area contributed by atoms with Gasteiger partial charge in [-0.15, -0.1) is 0 Å². The van der Waals surface area contributed by atoms with Crippen LogP contribution in [0.1, 0.15) is 5.76 Å². The number of nitrogens with one attached hydrogen (secondary N) is 2. The van der Waals surface area contributed by atoms with Gasteiger partial charge in [0.15, 0.2) is 0 Å².